The van der Waals surface area contributed by atoms with Crippen molar-refractivity contribution in [1.29, 1.82) is 0 Å². The van der Waals surface area contributed by atoms with Gasteiger partial charge in [-0.05, 0) is 55.8 Å². The quantitative estimate of drug-likeness (QED) is 0.498. The number of anilines is 2. The molecule has 192 valence electrons. The molecule has 36 heavy (non-hydrogen) atoms. The molecule has 12 heteroatoms. The summed E-state index contributed by atoms with van der Waals surface area (Å²) in [7, 11) is -2.79. The summed E-state index contributed by atoms with van der Waals surface area (Å²) in [5.41, 5.74) is 0.942. The lowest BCUT2D eigenvalue weighted by Gasteiger charge is -2.49. The molecule has 5 heterocycles. The van der Waals surface area contributed by atoms with E-state index in [2.05, 4.69) is 25.2 Å². The Labute approximate surface area is 220 Å². The molecular weight excluding hydrogens is 521 g/mol. The zero-order valence-electron chi connectivity index (χ0n) is 20.0. The van der Waals surface area contributed by atoms with Crippen molar-refractivity contribution in [2.24, 2.45) is 11.8 Å². The maximum Gasteiger partial charge on any atom is 0.256 e. The molecule has 2 aromatic heterocycles. The third-order valence-corrected chi connectivity index (χ3v) is 10.2. The van der Waals surface area contributed by atoms with E-state index in [0.29, 0.717) is 39.2 Å². The van der Waals surface area contributed by atoms with Crippen molar-refractivity contribution in [1.82, 2.24) is 24.5 Å². The first-order valence-corrected chi connectivity index (χ1v) is 15.0. The lowest BCUT2D eigenvalue weighted by atomic mass is 9.80. The average Bonchev–Trinajstić information content (AvgIpc) is 3.26. The van der Waals surface area contributed by atoms with Gasteiger partial charge in [0.1, 0.15) is 18.0 Å². The fourth-order valence-electron chi connectivity index (χ4n) is 5.72. The fourth-order valence-corrected chi connectivity index (χ4v) is 7.79. The van der Waals surface area contributed by atoms with Crippen LogP contribution in [0.3, 0.4) is 0 Å². The van der Waals surface area contributed by atoms with Crippen molar-refractivity contribution in [3.63, 3.8) is 0 Å². The Morgan fingerprint density at radius 3 is 2.67 bits per heavy atom. The van der Waals surface area contributed by atoms with Gasteiger partial charge in [0.05, 0.1) is 17.5 Å². The van der Waals surface area contributed by atoms with E-state index in [4.69, 9.17) is 28.2 Å². The van der Waals surface area contributed by atoms with E-state index < -0.39 is 9.84 Å². The van der Waals surface area contributed by atoms with Crippen molar-refractivity contribution in [2.75, 3.05) is 47.9 Å². The van der Waals surface area contributed by atoms with Crippen LogP contribution in [0, 0.1) is 11.8 Å². The van der Waals surface area contributed by atoms with Crippen LogP contribution in [0.25, 0.3) is 5.78 Å². The number of rotatable bonds is 6. The Balaban J connectivity index is 1.14. The van der Waals surface area contributed by atoms with Crippen LogP contribution in [0.2, 0.25) is 10.0 Å². The topological polar surface area (TPSA) is 95.7 Å². The van der Waals surface area contributed by atoms with E-state index in [1.165, 1.54) is 12.7 Å². The Bertz CT molecular complexity index is 1380. The van der Waals surface area contributed by atoms with E-state index in [-0.39, 0.29) is 12.1 Å². The summed E-state index contributed by atoms with van der Waals surface area (Å²) >= 11 is 12.5. The second kappa shape index (κ2) is 9.31. The molecule has 9 nitrogen and oxygen atoms in total. The number of fused-ring (bicyclic) bond motifs is 1. The summed E-state index contributed by atoms with van der Waals surface area (Å²) in [6.07, 6.45) is 3.85. The minimum Gasteiger partial charge on any atom is -0.363 e. The van der Waals surface area contributed by atoms with Crippen molar-refractivity contribution < 1.29 is 8.42 Å². The molecule has 0 aliphatic carbocycles. The minimum absolute atomic E-state index is 0.0786. The Kier molecular flexibility index (Phi) is 6.26. The number of likely N-dealkylation sites (tertiary alicyclic amines) is 1. The van der Waals surface area contributed by atoms with Gasteiger partial charge in [-0.1, -0.05) is 29.3 Å². The van der Waals surface area contributed by atoms with E-state index in [0.717, 1.165) is 49.8 Å². The van der Waals surface area contributed by atoms with E-state index in [1.54, 1.807) is 10.6 Å². The van der Waals surface area contributed by atoms with Crippen LogP contribution in [0.1, 0.15) is 31.4 Å². The highest BCUT2D eigenvalue weighted by molar-refractivity contribution is 7.92. The van der Waals surface area contributed by atoms with Crippen molar-refractivity contribution in [3.05, 3.63) is 46.2 Å². The Hall–Kier alpha value is -2.14. The molecule has 0 spiro atoms. The number of hydrogen-bond acceptors (Lipinski definition) is 8. The highest BCUT2D eigenvalue weighted by Gasteiger charge is 2.42. The predicted octanol–water partition coefficient (Wildman–Crippen LogP) is 3.55. The normalized spacial score (nSPS) is 23.9. The lowest BCUT2D eigenvalue weighted by molar-refractivity contribution is 0.0935. The van der Waals surface area contributed by atoms with Crippen molar-refractivity contribution >= 4 is 50.5 Å². The van der Waals surface area contributed by atoms with Gasteiger partial charge in [-0.3, -0.25) is 4.90 Å². The lowest BCUT2D eigenvalue weighted by Crippen LogP contribution is -2.59. The van der Waals surface area contributed by atoms with Crippen LogP contribution in [0.4, 0.5) is 11.6 Å². The smallest absolute Gasteiger partial charge is 0.256 e. The Morgan fingerprint density at radius 1 is 1.11 bits per heavy atom. The van der Waals surface area contributed by atoms with Crippen LogP contribution in [-0.2, 0) is 9.84 Å². The number of nitrogens with zero attached hydrogens (tertiary/aromatic N) is 6. The predicted molar refractivity (Wildman–Crippen MR) is 142 cm³/mol. The zero-order valence-corrected chi connectivity index (χ0v) is 22.3. The van der Waals surface area contributed by atoms with Crippen LogP contribution >= 0.6 is 23.2 Å². The molecule has 0 bridgehead atoms. The summed E-state index contributed by atoms with van der Waals surface area (Å²) in [6.45, 7) is 5.94. The monoisotopic (exact) mass is 549 g/mol. The fraction of sp³-hybridized carbons (Fsp3) is 0.542. The SMILES string of the molecule is C[C@@H](Nc1cc(N2CC([C@H]3CCCN(C4CS(=O)(=O)C4)C3)C2)nc2ncnn12)c1ccc(Cl)cc1Cl. The summed E-state index contributed by atoms with van der Waals surface area (Å²) < 4.78 is 25.0. The number of sulfone groups is 1. The van der Waals surface area contributed by atoms with Crippen LogP contribution in [-0.4, -0.2) is 76.6 Å². The molecule has 3 saturated heterocycles. The van der Waals surface area contributed by atoms with Crippen molar-refractivity contribution in [2.45, 2.75) is 31.8 Å². The van der Waals surface area contributed by atoms with Gasteiger partial charge in [0.15, 0.2) is 9.84 Å². The highest BCUT2D eigenvalue weighted by Crippen LogP contribution is 2.36. The van der Waals surface area contributed by atoms with Gasteiger partial charge in [0.25, 0.3) is 5.78 Å². The number of benzene rings is 1. The first-order valence-electron chi connectivity index (χ1n) is 12.4. The van der Waals surface area contributed by atoms with Crippen LogP contribution < -0.4 is 10.2 Å². The molecule has 3 aliphatic rings. The zero-order chi connectivity index (χ0) is 25.0. The summed E-state index contributed by atoms with van der Waals surface area (Å²) in [5.74, 6) is 4.06. The molecule has 0 amide bonds. The second-order valence-corrected chi connectivity index (χ2v) is 13.3. The first-order chi connectivity index (χ1) is 17.3. The molecule has 2 atom stereocenters. The maximum absolute atomic E-state index is 11.6. The molecule has 0 radical (unpaired) electrons. The number of piperidine rings is 1. The van der Waals surface area contributed by atoms with Gasteiger partial charge in [-0.2, -0.15) is 19.6 Å². The van der Waals surface area contributed by atoms with Gasteiger partial charge < -0.3 is 10.2 Å². The van der Waals surface area contributed by atoms with Crippen LogP contribution in [0.5, 0.6) is 0 Å². The molecule has 3 fully saturated rings. The van der Waals surface area contributed by atoms with Gasteiger partial charge >= 0.3 is 0 Å². The first kappa shape index (κ1) is 24.2. The molecule has 6 rings (SSSR count). The third kappa shape index (κ3) is 4.64. The largest absolute Gasteiger partial charge is 0.363 e. The number of halogens is 2. The Morgan fingerprint density at radius 2 is 1.92 bits per heavy atom. The molecule has 0 unspecified atom stereocenters. The minimum atomic E-state index is -2.79. The third-order valence-electron chi connectivity index (χ3n) is 7.83. The molecule has 1 aromatic carbocycles. The number of hydrogen-bond donors (Lipinski definition) is 1. The highest BCUT2D eigenvalue weighted by atomic mass is 35.5. The summed E-state index contributed by atoms with van der Waals surface area (Å²) in [4.78, 5) is 13.8. The summed E-state index contributed by atoms with van der Waals surface area (Å²) in [5, 5.41) is 9.07. The summed E-state index contributed by atoms with van der Waals surface area (Å²) in [6, 6.07) is 7.66. The van der Waals surface area contributed by atoms with Gasteiger partial charge in [0.2, 0.25) is 0 Å². The standard InChI is InChI=1S/C24H29Cl2N7O2S/c1-15(20-5-4-18(25)7-21(20)26)29-23-8-22(30-24-27-14-28-33(23)24)32-10-17(11-32)16-3-2-6-31(9-16)19-12-36(34,35)13-19/h4-5,7-8,14-17,19,29H,2-3,6,9-13H2,1H3/t15-,16+/m1/s1. The van der Waals surface area contributed by atoms with Gasteiger partial charge in [0, 0.05) is 41.8 Å². The molecule has 3 aromatic rings. The maximum atomic E-state index is 11.6. The van der Waals surface area contributed by atoms with E-state index >= 15 is 0 Å². The average molecular weight is 551 g/mol. The van der Waals surface area contributed by atoms with E-state index in [1.807, 2.05) is 25.1 Å². The van der Waals surface area contributed by atoms with Crippen LogP contribution in [0.15, 0.2) is 30.6 Å². The van der Waals surface area contributed by atoms with Crippen molar-refractivity contribution in [3.8, 4) is 0 Å². The van der Waals surface area contributed by atoms with E-state index in [9.17, 15) is 8.42 Å². The van der Waals surface area contributed by atoms with Gasteiger partial charge in [-0.25, -0.2) is 8.42 Å². The molecule has 3 aliphatic heterocycles. The van der Waals surface area contributed by atoms with Gasteiger partial charge in [-0.15, -0.1) is 0 Å². The second-order valence-electron chi connectivity index (χ2n) is 10.3. The number of nitrogens with one attached hydrogen (secondary N) is 1. The molecule has 1 N–H and O–H groups in total. The molecule has 0 saturated carbocycles. The number of aromatic nitrogens is 4. The molecular formula is C24H29Cl2N7O2S.